The normalized spacial score (nSPS) is 13.9. The molecule has 0 aliphatic carbocycles. The van der Waals surface area contributed by atoms with Crippen LogP contribution in [0.15, 0.2) is 12.1 Å². The first-order valence-corrected chi connectivity index (χ1v) is 13.5. The van der Waals surface area contributed by atoms with Crippen LogP contribution < -0.4 is 24.2 Å². The van der Waals surface area contributed by atoms with Gasteiger partial charge in [0.05, 0.1) is 0 Å². The fraction of sp³-hybridized carbons (Fsp3) is 0.682. The van der Waals surface area contributed by atoms with Crippen molar-refractivity contribution in [2.45, 2.75) is 98.2 Å². The van der Waals surface area contributed by atoms with Gasteiger partial charge in [0.1, 0.15) is 0 Å². The molecule has 0 unspecified atom stereocenters. The molecule has 0 radical (unpaired) electrons. The maximum absolute atomic E-state index is 3.83. The van der Waals surface area contributed by atoms with Gasteiger partial charge in [0.25, 0.3) is 0 Å². The summed E-state index contributed by atoms with van der Waals surface area (Å²) in [6.07, 6.45) is 0. The molecule has 3 heteroatoms. The van der Waals surface area contributed by atoms with Crippen molar-refractivity contribution in [2.75, 3.05) is 0 Å². The van der Waals surface area contributed by atoms with Crippen LogP contribution in [0.4, 0.5) is 0 Å². The summed E-state index contributed by atoms with van der Waals surface area (Å²) in [5.74, 6) is 0. The van der Waals surface area contributed by atoms with E-state index in [1.54, 1.807) is 0 Å². The summed E-state index contributed by atoms with van der Waals surface area (Å²) in [5, 5.41) is 1.49. The Labute approximate surface area is 172 Å². The molecule has 0 amide bonds. The number of hydrogen-bond acceptors (Lipinski definition) is 0. The van der Waals surface area contributed by atoms with Crippen LogP contribution in [0.1, 0.15) is 79.0 Å². The van der Waals surface area contributed by atoms with Crippen molar-refractivity contribution in [3.63, 3.8) is 0 Å². The molecule has 0 spiro atoms. The molecule has 1 aromatic carbocycles. The van der Waals surface area contributed by atoms with Crippen LogP contribution in [-0.4, -0.2) is 13.5 Å². The Kier molecular flexibility index (Phi) is 8.13. The molecule has 136 valence electrons. The standard InChI is InChI=1S/C22H38PSi.Li/c1-20(2,3)16-13-17(21(4,5)6)19(23-15-24(10,11)12)18(14-16)22(7,8)9;/h13-14H,1-12H3;/q-1;+1. The van der Waals surface area contributed by atoms with Crippen LogP contribution in [0.5, 0.6) is 0 Å². The first-order valence-electron chi connectivity index (χ1n) is 9.10. The molecule has 0 aromatic heterocycles. The minimum Gasteiger partial charge on any atom is -0.463 e. The number of hydrogen-bond donors (Lipinski definition) is 0. The van der Waals surface area contributed by atoms with Gasteiger partial charge in [0.15, 0.2) is 0 Å². The molecule has 0 N–H and O–H groups in total. The van der Waals surface area contributed by atoms with Crippen molar-refractivity contribution >= 4 is 27.0 Å². The van der Waals surface area contributed by atoms with E-state index in [4.69, 9.17) is 0 Å². The first kappa shape index (κ1) is 25.2. The number of rotatable bonds is 2. The predicted octanol–water partition coefficient (Wildman–Crippen LogP) is 3.71. The summed E-state index contributed by atoms with van der Waals surface area (Å²) >= 11 is 0. The Morgan fingerprint density at radius 1 is 0.720 bits per heavy atom. The molecule has 0 aliphatic heterocycles. The Morgan fingerprint density at radius 3 is 1.32 bits per heavy atom. The SMILES string of the molecule is CC(C)(C)c1cc(C(C)(C)C)c(P=[C-][Si](C)(C)C)c(C(C)(C)C)c1.[Li+]. The van der Waals surface area contributed by atoms with Crippen molar-refractivity contribution in [1.29, 1.82) is 0 Å². The fourth-order valence-electron chi connectivity index (χ4n) is 2.55. The van der Waals surface area contributed by atoms with Gasteiger partial charge in [0, 0.05) is 0 Å². The van der Waals surface area contributed by atoms with Gasteiger partial charge in [0.2, 0.25) is 0 Å². The first-order chi connectivity index (χ1) is 10.4. The minimum atomic E-state index is -1.32. The Morgan fingerprint density at radius 2 is 1.08 bits per heavy atom. The quantitative estimate of drug-likeness (QED) is 0.424. The van der Waals surface area contributed by atoms with Gasteiger partial charge in [-0.2, -0.15) is 0 Å². The maximum Gasteiger partial charge on any atom is 1.00 e. The average molecular weight is 369 g/mol. The molecular weight excluding hydrogens is 330 g/mol. The second kappa shape index (κ2) is 8.06. The summed E-state index contributed by atoms with van der Waals surface area (Å²) in [6.45, 7) is 28.1. The van der Waals surface area contributed by atoms with Crippen LogP contribution in [0.25, 0.3) is 0 Å². The van der Waals surface area contributed by atoms with Gasteiger partial charge < -0.3 is 5.42 Å². The molecule has 25 heavy (non-hydrogen) atoms. The smallest absolute Gasteiger partial charge is 0.463 e. The molecule has 0 fully saturated rings. The predicted molar refractivity (Wildman–Crippen MR) is 117 cm³/mol. The minimum absolute atomic E-state index is 0. The van der Waals surface area contributed by atoms with E-state index in [0.717, 1.165) is 0 Å². The van der Waals surface area contributed by atoms with Crippen LogP contribution in [0, 0.1) is 0 Å². The van der Waals surface area contributed by atoms with E-state index in [1.807, 2.05) is 0 Å². The fourth-order valence-corrected chi connectivity index (χ4v) is 5.38. The zero-order valence-electron chi connectivity index (χ0n) is 19.1. The van der Waals surface area contributed by atoms with Gasteiger partial charge in [-0.15, -0.1) is 8.07 Å². The molecular formula is C22H38LiPSi. The topological polar surface area (TPSA) is 0 Å². The second-order valence-electron chi connectivity index (χ2n) is 11.1. The summed E-state index contributed by atoms with van der Waals surface area (Å²) < 4.78 is 0. The summed E-state index contributed by atoms with van der Waals surface area (Å²) in [5.41, 5.74) is 8.72. The Bertz CT molecular complexity index is 582. The molecule has 0 saturated carbocycles. The Hall–Kier alpha value is 0.204. The zero-order chi connectivity index (χ0) is 19.1. The summed E-state index contributed by atoms with van der Waals surface area (Å²) in [7, 11) is -0.0379. The summed E-state index contributed by atoms with van der Waals surface area (Å²) in [6, 6.07) is 4.92. The van der Waals surface area contributed by atoms with E-state index in [1.165, 1.54) is 30.2 Å². The second-order valence-corrected chi connectivity index (χ2v) is 17.2. The van der Waals surface area contributed by atoms with Crippen LogP contribution >= 0.6 is 8.20 Å². The van der Waals surface area contributed by atoms with Crippen LogP contribution in [0.2, 0.25) is 19.6 Å². The van der Waals surface area contributed by atoms with Gasteiger partial charge in [-0.1, -0.05) is 94.1 Å². The molecule has 0 atom stereocenters. The van der Waals surface area contributed by atoms with Gasteiger partial charge >= 0.3 is 18.9 Å². The molecule has 0 saturated heterocycles. The van der Waals surface area contributed by atoms with Gasteiger partial charge in [-0.3, -0.25) is 8.20 Å². The average Bonchev–Trinajstić information content (AvgIpc) is 2.30. The third kappa shape index (κ3) is 7.38. The number of benzene rings is 1. The largest absolute Gasteiger partial charge is 1.00 e. The summed E-state index contributed by atoms with van der Waals surface area (Å²) in [4.78, 5) is 0. The molecule has 0 bridgehead atoms. The van der Waals surface area contributed by atoms with Crippen molar-refractivity contribution in [2.24, 2.45) is 0 Å². The van der Waals surface area contributed by atoms with Gasteiger partial charge in [-0.25, -0.2) is 0 Å². The molecule has 0 nitrogen and oxygen atoms in total. The molecule has 0 heterocycles. The van der Waals surface area contributed by atoms with Crippen LogP contribution in [-0.2, 0) is 16.2 Å². The van der Waals surface area contributed by atoms with E-state index in [0.29, 0.717) is 0 Å². The maximum atomic E-state index is 3.83. The van der Waals surface area contributed by atoms with E-state index >= 15 is 0 Å². The van der Waals surface area contributed by atoms with Crippen molar-refractivity contribution in [3.05, 3.63) is 28.8 Å². The van der Waals surface area contributed by atoms with Crippen molar-refractivity contribution in [1.82, 2.24) is 0 Å². The van der Waals surface area contributed by atoms with E-state index in [9.17, 15) is 0 Å². The Balaban J connectivity index is 0.00000576. The third-order valence-corrected chi connectivity index (χ3v) is 7.93. The van der Waals surface area contributed by atoms with E-state index in [-0.39, 0.29) is 35.1 Å². The van der Waals surface area contributed by atoms with Gasteiger partial charge in [-0.05, 0) is 38.2 Å². The van der Waals surface area contributed by atoms with E-state index < -0.39 is 8.07 Å². The monoisotopic (exact) mass is 368 g/mol. The molecule has 1 rings (SSSR count). The van der Waals surface area contributed by atoms with E-state index in [2.05, 4.69) is 99.5 Å². The zero-order valence-corrected chi connectivity index (χ0v) is 21.0. The van der Waals surface area contributed by atoms with Crippen LogP contribution in [0.3, 0.4) is 0 Å². The molecule has 1 aromatic rings. The molecule has 0 aliphatic rings. The van der Waals surface area contributed by atoms with Crippen molar-refractivity contribution in [3.8, 4) is 0 Å². The third-order valence-electron chi connectivity index (χ3n) is 4.10. The van der Waals surface area contributed by atoms with Crippen molar-refractivity contribution < 1.29 is 18.9 Å².